The van der Waals surface area contributed by atoms with E-state index < -0.39 is 0 Å². The van der Waals surface area contributed by atoms with Crippen molar-refractivity contribution in [2.75, 3.05) is 0 Å². The van der Waals surface area contributed by atoms with E-state index in [4.69, 9.17) is 16.7 Å². The molecular formula is C15H17ClO. The molecule has 1 nitrogen and oxygen atoms in total. The minimum absolute atomic E-state index is 0.252. The summed E-state index contributed by atoms with van der Waals surface area (Å²) in [6.07, 6.45) is 0. The van der Waals surface area contributed by atoms with Crippen LogP contribution >= 0.6 is 11.6 Å². The summed E-state index contributed by atoms with van der Waals surface area (Å²) >= 11 is 5.65. The SMILES string of the molecule is Cc1c(O)cccc1Cl.Cc1ccccc1C. The molecular weight excluding hydrogens is 232 g/mol. The summed E-state index contributed by atoms with van der Waals surface area (Å²) in [5.41, 5.74) is 3.47. The van der Waals surface area contributed by atoms with Crippen molar-refractivity contribution >= 4 is 11.6 Å². The average molecular weight is 249 g/mol. The first kappa shape index (κ1) is 13.6. The van der Waals surface area contributed by atoms with Gasteiger partial charge in [0.05, 0.1) is 0 Å². The molecule has 0 unspecified atom stereocenters. The number of benzene rings is 2. The molecule has 0 saturated heterocycles. The van der Waals surface area contributed by atoms with E-state index in [-0.39, 0.29) is 5.75 Å². The van der Waals surface area contributed by atoms with Crippen molar-refractivity contribution in [1.82, 2.24) is 0 Å². The highest BCUT2D eigenvalue weighted by molar-refractivity contribution is 6.31. The highest BCUT2D eigenvalue weighted by atomic mass is 35.5. The first-order chi connectivity index (χ1) is 8.02. The Morgan fingerprint density at radius 1 is 0.824 bits per heavy atom. The normalized spacial score (nSPS) is 9.41. The molecule has 2 aromatic rings. The summed E-state index contributed by atoms with van der Waals surface area (Å²) in [6.45, 7) is 6.02. The Bertz CT molecular complexity index is 451. The molecule has 0 aromatic heterocycles. The van der Waals surface area contributed by atoms with Gasteiger partial charge in [-0.15, -0.1) is 0 Å². The second kappa shape index (κ2) is 6.31. The van der Waals surface area contributed by atoms with Crippen LogP contribution in [0.1, 0.15) is 16.7 Å². The number of rotatable bonds is 0. The molecule has 0 aliphatic rings. The molecule has 0 aliphatic carbocycles. The Morgan fingerprint density at radius 3 is 1.71 bits per heavy atom. The van der Waals surface area contributed by atoms with Gasteiger partial charge in [0.25, 0.3) is 0 Å². The van der Waals surface area contributed by atoms with E-state index in [1.807, 2.05) is 0 Å². The number of aryl methyl sites for hydroxylation is 2. The second-order valence-corrected chi connectivity index (χ2v) is 4.38. The molecule has 0 amide bonds. The molecule has 0 heterocycles. The molecule has 0 radical (unpaired) electrons. The van der Waals surface area contributed by atoms with E-state index in [1.165, 1.54) is 11.1 Å². The van der Waals surface area contributed by atoms with Crippen LogP contribution in [0.3, 0.4) is 0 Å². The fraction of sp³-hybridized carbons (Fsp3) is 0.200. The fourth-order valence-electron chi connectivity index (χ4n) is 1.26. The molecule has 1 N–H and O–H groups in total. The highest BCUT2D eigenvalue weighted by Gasteiger charge is 1.96. The zero-order valence-electron chi connectivity index (χ0n) is 10.4. The summed E-state index contributed by atoms with van der Waals surface area (Å²) in [7, 11) is 0. The van der Waals surface area contributed by atoms with Gasteiger partial charge in [0, 0.05) is 10.6 Å². The maximum Gasteiger partial charge on any atom is 0.119 e. The maximum absolute atomic E-state index is 9.02. The van der Waals surface area contributed by atoms with E-state index in [0.717, 1.165) is 5.56 Å². The minimum atomic E-state index is 0.252. The van der Waals surface area contributed by atoms with E-state index in [9.17, 15) is 0 Å². The molecule has 90 valence electrons. The first-order valence-electron chi connectivity index (χ1n) is 5.48. The van der Waals surface area contributed by atoms with Crippen LogP contribution < -0.4 is 0 Å². The zero-order valence-corrected chi connectivity index (χ0v) is 11.1. The summed E-state index contributed by atoms with van der Waals surface area (Å²) in [5, 5.41) is 9.62. The quantitative estimate of drug-likeness (QED) is 0.719. The molecule has 2 heteroatoms. The third kappa shape index (κ3) is 4.12. The van der Waals surface area contributed by atoms with E-state index >= 15 is 0 Å². The largest absolute Gasteiger partial charge is 0.508 e. The van der Waals surface area contributed by atoms with Crippen LogP contribution in [-0.2, 0) is 0 Å². The van der Waals surface area contributed by atoms with Gasteiger partial charge < -0.3 is 5.11 Å². The van der Waals surface area contributed by atoms with Gasteiger partial charge in [-0.05, 0) is 44.0 Å². The summed E-state index contributed by atoms with van der Waals surface area (Å²) in [6, 6.07) is 13.4. The Kier molecular flexibility index (Phi) is 5.05. The lowest BCUT2D eigenvalue weighted by molar-refractivity contribution is 0.471. The Morgan fingerprint density at radius 2 is 1.35 bits per heavy atom. The smallest absolute Gasteiger partial charge is 0.119 e. The van der Waals surface area contributed by atoms with Gasteiger partial charge in [-0.2, -0.15) is 0 Å². The molecule has 0 fully saturated rings. The molecule has 0 saturated carbocycles. The number of hydrogen-bond acceptors (Lipinski definition) is 1. The Balaban J connectivity index is 0.000000171. The van der Waals surface area contributed by atoms with Crippen LogP contribution in [-0.4, -0.2) is 5.11 Å². The van der Waals surface area contributed by atoms with Gasteiger partial charge in [0.15, 0.2) is 0 Å². The van der Waals surface area contributed by atoms with Crippen LogP contribution in [0.25, 0.3) is 0 Å². The Labute approximate surface area is 108 Å². The maximum atomic E-state index is 9.02. The lowest BCUT2D eigenvalue weighted by Crippen LogP contribution is -1.74. The van der Waals surface area contributed by atoms with Crippen molar-refractivity contribution in [2.45, 2.75) is 20.8 Å². The van der Waals surface area contributed by atoms with Gasteiger partial charge >= 0.3 is 0 Å². The topological polar surface area (TPSA) is 20.2 Å². The standard InChI is InChI=1S/C8H10.C7H7ClO/c1-7-5-3-4-6-8(7)2;1-5-6(8)3-2-4-7(5)9/h3-6H,1-2H3;2-4,9H,1H3. The molecule has 17 heavy (non-hydrogen) atoms. The molecule has 2 aromatic carbocycles. The van der Waals surface area contributed by atoms with Crippen LogP contribution in [0, 0.1) is 20.8 Å². The van der Waals surface area contributed by atoms with E-state index in [0.29, 0.717) is 5.02 Å². The van der Waals surface area contributed by atoms with Gasteiger partial charge in [0.1, 0.15) is 5.75 Å². The molecule has 0 spiro atoms. The average Bonchev–Trinajstić information content (AvgIpc) is 2.31. The van der Waals surface area contributed by atoms with Crippen molar-refractivity contribution in [3.05, 3.63) is 64.2 Å². The van der Waals surface area contributed by atoms with Crippen molar-refractivity contribution in [2.24, 2.45) is 0 Å². The van der Waals surface area contributed by atoms with Crippen molar-refractivity contribution in [1.29, 1.82) is 0 Å². The third-order valence-corrected chi connectivity index (χ3v) is 3.07. The number of phenolic OH excluding ortho intramolecular Hbond substituents is 1. The molecule has 2 rings (SSSR count). The van der Waals surface area contributed by atoms with Crippen LogP contribution in [0.5, 0.6) is 5.75 Å². The summed E-state index contributed by atoms with van der Waals surface area (Å²) < 4.78 is 0. The van der Waals surface area contributed by atoms with Gasteiger partial charge in [-0.3, -0.25) is 0 Å². The van der Waals surface area contributed by atoms with Crippen molar-refractivity contribution in [3.8, 4) is 5.75 Å². The van der Waals surface area contributed by atoms with Crippen molar-refractivity contribution < 1.29 is 5.11 Å². The third-order valence-electron chi connectivity index (χ3n) is 2.66. The van der Waals surface area contributed by atoms with Gasteiger partial charge in [-0.1, -0.05) is 41.9 Å². The molecule has 0 atom stereocenters. The lowest BCUT2D eigenvalue weighted by Gasteiger charge is -1.97. The molecule has 0 aliphatic heterocycles. The van der Waals surface area contributed by atoms with Crippen LogP contribution in [0.15, 0.2) is 42.5 Å². The second-order valence-electron chi connectivity index (χ2n) is 3.97. The summed E-state index contributed by atoms with van der Waals surface area (Å²) in [4.78, 5) is 0. The molecule has 0 bridgehead atoms. The summed E-state index contributed by atoms with van der Waals surface area (Å²) in [5.74, 6) is 0.252. The zero-order chi connectivity index (χ0) is 12.8. The van der Waals surface area contributed by atoms with E-state index in [2.05, 4.69) is 38.1 Å². The minimum Gasteiger partial charge on any atom is -0.508 e. The highest BCUT2D eigenvalue weighted by Crippen LogP contribution is 2.22. The number of phenols is 1. The van der Waals surface area contributed by atoms with Crippen molar-refractivity contribution in [3.63, 3.8) is 0 Å². The van der Waals surface area contributed by atoms with Crippen LogP contribution in [0.2, 0.25) is 5.02 Å². The van der Waals surface area contributed by atoms with Crippen LogP contribution in [0.4, 0.5) is 0 Å². The number of hydrogen-bond donors (Lipinski definition) is 1. The number of halogens is 1. The Hall–Kier alpha value is -1.47. The van der Waals surface area contributed by atoms with Gasteiger partial charge in [0.2, 0.25) is 0 Å². The van der Waals surface area contributed by atoms with E-state index in [1.54, 1.807) is 25.1 Å². The first-order valence-corrected chi connectivity index (χ1v) is 5.86. The number of aromatic hydroxyl groups is 1. The monoisotopic (exact) mass is 248 g/mol. The fourth-order valence-corrected chi connectivity index (χ4v) is 1.43. The predicted octanol–water partition coefficient (Wildman–Crippen LogP) is 4.66. The predicted molar refractivity (Wildman–Crippen MR) is 73.8 cm³/mol. The lowest BCUT2D eigenvalue weighted by atomic mass is 10.1. The van der Waals surface area contributed by atoms with Gasteiger partial charge in [-0.25, -0.2) is 0 Å².